The number of aromatic nitrogens is 5. The summed E-state index contributed by atoms with van der Waals surface area (Å²) in [6.07, 6.45) is 0. The van der Waals surface area contributed by atoms with E-state index in [4.69, 9.17) is 15.0 Å². The summed E-state index contributed by atoms with van der Waals surface area (Å²) in [5.74, 6) is 1.74. The lowest BCUT2D eigenvalue weighted by molar-refractivity contribution is 0.769. The molecular formula is C64H41N5. The average Bonchev–Trinajstić information content (AvgIpc) is 4.05. The van der Waals surface area contributed by atoms with E-state index in [1.54, 1.807) is 0 Å². The standard InChI is InChI=1S/C64H41N5/c1-4-19-42(20-5-1)43-35-37-44(38-36-43)61-65-62(45-21-18-26-48(39-45)68-57-32-15-11-28-50(57)51-29-12-16-33-58(51)68)67-63(66-61)69-59-34-17-13-30-52(59)54-40-53-49-27-10-14-31-55(49)64(56(53)41-60(54)69,46-22-6-2-7-23-46)47-24-8-3-9-25-47/h1-41H. The van der Waals surface area contributed by atoms with Crippen LogP contribution in [0.5, 0.6) is 0 Å². The molecular weight excluding hydrogens is 839 g/mol. The van der Waals surface area contributed by atoms with Gasteiger partial charge in [-0.1, -0.05) is 206 Å². The zero-order valence-corrected chi connectivity index (χ0v) is 37.4. The Kier molecular flexibility index (Phi) is 8.73. The molecule has 5 nitrogen and oxygen atoms in total. The van der Waals surface area contributed by atoms with Crippen LogP contribution in [0.1, 0.15) is 22.3 Å². The number of nitrogens with zero attached hydrogens (tertiary/aromatic N) is 5. The van der Waals surface area contributed by atoms with Crippen LogP contribution in [0.25, 0.3) is 100 Å². The summed E-state index contributed by atoms with van der Waals surface area (Å²) in [6, 6.07) is 89.3. The molecule has 13 aromatic rings. The van der Waals surface area contributed by atoms with E-state index < -0.39 is 5.41 Å². The molecule has 69 heavy (non-hydrogen) atoms. The summed E-state index contributed by atoms with van der Waals surface area (Å²) in [5, 5.41) is 4.70. The van der Waals surface area contributed by atoms with Crippen molar-refractivity contribution in [1.82, 2.24) is 24.1 Å². The highest BCUT2D eigenvalue weighted by molar-refractivity contribution is 6.12. The van der Waals surface area contributed by atoms with E-state index in [0.717, 1.165) is 60.8 Å². The monoisotopic (exact) mass is 879 g/mol. The number of benzene rings is 10. The number of hydrogen-bond donors (Lipinski definition) is 0. The molecule has 322 valence electrons. The van der Waals surface area contributed by atoms with Gasteiger partial charge in [-0.15, -0.1) is 0 Å². The first-order valence-electron chi connectivity index (χ1n) is 23.5. The molecule has 1 aliphatic carbocycles. The summed E-state index contributed by atoms with van der Waals surface area (Å²) in [7, 11) is 0. The molecule has 0 unspecified atom stereocenters. The van der Waals surface area contributed by atoms with Crippen molar-refractivity contribution in [2.45, 2.75) is 5.41 Å². The molecule has 10 aromatic carbocycles. The van der Waals surface area contributed by atoms with E-state index in [2.05, 4.69) is 252 Å². The lowest BCUT2D eigenvalue weighted by Crippen LogP contribution is -2.28. The zero-order valence-electron chi connectivity index (χ0n) is 37.4. The first kappa shape index (κ1) is 39.0. The maximum absolute atomic E-state index is 5.50. The van der Waals surface area contributed by atoms with Crippen LogP contribution >= 0.6 is 0 Å². The molecule has 0 bridgehead atoms. The summed E-state index contributed by atoms with van der Waals surface area (Å²) < 4.78 is 4.61. The lowest BCUT2D eigenvalue weighted by Gasteiger charge is -2.34. The first-order chi connectivity index (χ1) is 34.2. The minimum atomic E-state index is -0.576. The van der Waals surface area contributed by atoms with E-state index in [1.807, 2.05) is 6.07 Å². The van der Waals surface area contributed by atoms with Crippen molar-refractivity contribution in [2.24, 2.45) is 0 Å². The molecule has 0 atom stereocenters. The van der Waals surface area contributed by atoms with E-state index in [-0.39, 0.29) is 0 Å². The Morgan fingerprint density at radius 1 is 0.290 bits per heavy atom. The van der Waals surface area contributed by atoms with Crippen molar-refractivity contribution in [3.05, 3.63) is 271 Å². The molecule has 0 aliphatic heterocycles. The summed E-state index contributed by atoms with van der Waals surface area (Å²) >= 11 is 0. The fourth-order valence-electron chi connectivity index (χ4n) is 11.3. The third kappa shape index (κ3) is 5.94. The van der Waals surface area contributed by atoms with E-state index >= 15 is 0 Å². The topological polar surface area (TPSA) is 48.5 Å². The van der Waals surface area contributed by atoms with Crippen molar-refractivity contribution in [2.75, 3.05) is 0 Å². The molecule has 0 spiro atoms. The molecule has 3 heterocycles. The highest BCUT2D eigenvalue weighted by Gasteiger charge is 2.46. The van der Waals surface area contributed by atoms with Crippen LogP contribution in [0, 0.1) is 0 Å². The molecule has 0 fully saturated rings. The highest BCUT2D eigenvalue weighted by Crippen LogP contribution is 2.57. The molecule has 5 heteroatoms. The van der Waals surface area contributed by atoms with Crippen LogP contribution in [0.3, 0.4) is 0 Å². The van der Waals surface area contributed by atoms with Gasteiger partial charge in [0.15, 0.2) is 11.6 Å². The Labute approximate surface area is 398 Å². The number of rotatable bonds is 7. The lowest BCUT2D eigenvalue weighted by atomic mass is 9.67. The van der Waals surface area contributed by atoms with Gasteiger partial charge in [-0.3, -0.25) is 4.57 Å². The molecule has 1 aliphatic rings. The van der Waals surface area contributed by atoms with E-state index in [1.165, 1.54) is 44.2 Å². The van der Waals surface area contributed by atoms with Crippen LogP contribution in [-0.2, 0) is 5.41 Å². The Morgan fingerprint density at radius 2 is 0.783 bits per heavy atom. The van der Waals surface area contributed by atoms with Crippen LogP contribution in [0.2, 0.25) is 0 Å². The predicted octanol–water partition coefficient (Wildman–Crippen LogP) is 15.4. The van der Waals surface area contributed by atoms with Gasteiger partial charge in [0.25, 0.3) is 0 Å². The van der Waals surface area contributed by atoms with Gasteiger partial charge < -0.3 is 4.57 Å². The maximum Gasteiger partial charge on any atom is 0.238 e. The Bertz CT molecular complexity index is 4020. The summed E-state index contributed by atoms with van der Waals surface area (Å²) in [4.78, 5) is 16.3. The number of hydrogen-bond acceptors (Lipinski definition) is 3. The second kappa shape index (κ2) is 15.4. The van der Waals surface area contributed by atoms with Crippen LogP contribution in [0.4, 0.5) is 0 Å². The average molecular weight is 880 g/mol. The van der Waals surface area contributed by atoms with Gasteiger partial charge in [0, 0.05) is 38.4 Å². The largest absolute Gasteiger partial charge is 0.309 e. The molecule has 0 saturated carbocycles. The molecule has 0 N–H and O–H groups in total. The highest BCUT2D eigenvalue weighted by atomic mass is 15.2. The SMILES string of the molecule is c1ccc(-c2ccc(-c3nc(-c4cccc(-n5c6ccccc6c6ccccc65)c4)nc(-n4c5ccccc5c5cc6c(cc54)C(c4ccccc4)(c4ccccc4)c4ccccc4-6)n3)cc2)cc1. The van der Waals surface area contributed by atoms with Crippen LogP contribution < -0.4 is 0 Å². The minimum absolute atomic E-state index is 0.552. The fraction of sp³-hybridized carbons (Fsp3) is 0.0156. The minimum Gasteiger partial charge on any atom is -0.309 e. The zero-order chi connectivity index (χ0) is 45.5. The van der Waals surface area contributed by atoms with E-state index in [9.17, 15) is 0 Å². The first-order valence-corrected chi connectivity index (χ1v) is 23.5. The quantitative estimate of drug-likeness (QED) is 0.160. The van der Waals surface area contributed by atoms with Crippen molar-refractivity contribution in [3.63, 3.8) is 0 Å². The maximum atomic E-state index is 5.50. The van der Waals surface area contributed by atoms with Crippen LogP contribution in [-0.4, -0.2) is 24.1 Å². The molecule has 0 radical (unpaired) electrons. The van der Waals surface area contributed by atoms with Crippen molar-refractivity contribution in [1.29, 1.82) is 0 Å². The Morgan fingerprint density at radius 3 is 1.43 bits per heavy atom. The van der Waals surface area contributed by atoms with Crippen LogP contribution in [0.15, 0.2) is 249 Å². The Hall–Kier alpha value is -9.19. The number of fused-ring (bicyclic) bond motifs is 9. The van der Waals surface area contributed by atoms with Gasteiger partial charge in [-0.2, -0.15) is 9.97 Å². The molecule has 3 aromatic heterocycles. The second-order valence-corrected chi connectivity index (χ2v) is 17.9. The number of para-hydroxylation sites is 3. The van der Waals surface area contributed by atoms with Crippen molar-refractivity contribution < 1.29 is 0 Å². The van der Waals surface area contributed by atoms with Gasteiger partial charge >= 0.3 is 0 Å². The fourth-order valence-corrected chi connectivity index (χ4v) is 11.3. The van der Waals surface area contributed by atoms with Gasteiger partial charge in [0.05, 0.1) is 27.5 Å². The third-order valence-corrected chi connectivity index (χ3v) is 14.3. The summed E-state index contributed by atoms with van der Waals surface area (Å²) in [6.45, 7) is 0. The smallest absolute Gasteiger partial charge is 0.238 e. The summed E-state index contributed by atoms with van der Waals surface area (Å²) in [5.41, 5.74) is 16.3. The van der Waals surface area contributed by atoms with Gasteiger partial charge in [-0.25, -0.2) is 4.98 Å². The van der Waals surface area contributed by atoms with Gasteiger partial charge in [0.2, 0.25) is 5.95 Å². The van der Waals surface area contributed by atoms with Gasteiger partial charge in [-0.05, 0) is 87.0 Å². The Balaban J connectivity index is 1.03. The van der Waals surface area contributed by atoms with E-state index in [0.29, 0.717) is 17.6 Å². The molecule has 0 saturated heterocycles. The predicted molar refractivity (Wildman–Crippen MR) is 282 cm³/mol. The molecule has 0 amide bonds. The van der Waals surface area contributed by atoms with Crippen molar-refractivity contribution in [3.8, 4) is 56.7 Å². The second-order valence-electron chi connectivity index (χ2n) is 17.9. The van der Waals surface area contributed by atoms with Gasteiger partial charge in [0.1, 0.15) is 0 Å². The van der Waals surface area contributed by atoms with Crippen molar-refractivity contribution >= 4 is 43.6 Å². The molecule has 14 rings (SSSR count). The normalized spacial score (nSPS) is 12.8. The third-order valence-electron chi connectivity index (χ3n) is 14.3.